The van der Waals surface area contributed by atoms with Crippen molar-refractivity contribution in [3.8, 4) is 0 Å². The van der Waals surface area contributed by atoms with Crippen LogP contribution in [0, 0.1) is 6.92 Å². The van der Waals surface area contributed by atoms with Crippen molar-refractivity contribution in [1.82, 2.24) is 0 Å². The molecule has 120 valence electrons. The number of aryl methyl sites for hydroxylation is 1. The molecule has 0 aromatic heterocycles. The monoisotopic (exact) mass is 328 g/mol. The van der Waals surface area contributed by atoms with E-state index in [2.05, 4.69) is 24.8 Å². The topological polar surface area (TPSA) is 54.4 Å². The SMILES string of the molecule is C=CC=CC=Cc1ccccc1.Cc1ccc(S(=O)(=O)O)cc1. The maximum atomic E-state index is 10.5. The molecule has 0 atom stereocenters. The first-order valence-electron chi connectivity index (χ1n) is 6.98. The molecule has 2 aromatic carbocycles. The minimum atomic E-state index is -4.02. The van der Waals surface area contributed by atoms with E-state index in [1.54, 1.807) is 18.2 Å². The molecule has 1 N–H and O–H groups in total. The molecule has 0 saturated heterocycles. The molecule has 0 aliphatic carbocycles. The predicted molar refractivity (Wildman–Crippen MR) is 95.8 cm³/mol. The normalized spacial score (nSPS) is 11.2. The molecular formula is C19H20O3S. The minimum Gasteiger partial charge on any atom is -0.282 e. The van der Waals surface area contributed by atoms with E-state index < -0.39 is 10.1 Å². The first kappa shape index (κ1) is 18.6. The van der Waals surface area contributed by atoms with E-state index in [-0.39, 0.29) is 4.90 Å². The van der Waals surface area contributed by atoms with E-state index in [1.165, 1.54) is 17.7 Å². The van der Waals surface area contributed by atoms with Crippen LogP contribution in [-0.4, -0.2) is 13.0 Å². The highest BCUT2D eigenvalue weighted by Gasteiger charge is 2.06. The number of allylic oxidation sites excluding steroid dienone is 4. The number of rotatable bonds is 4. The molecule has 23 heavy (non-hydrogen) atoms. The van der Waals surface area contributed by atoms with Gasteiger partial charge < -0.3 is 0 Å². The van der Waals surface area contributed by atoms with Gasteiger partial charge in [0.25, 0.3) is 10.1 Å². The molecule has 0 bridgehead atoms. The van der Waals surface area contributed by atoms with Crippen LogP contribution in [0.4, 0.5) is 0 Å². The standard InChI is InChI=1S/C12H12.C7H8O3S/c1-2-3-4-6-9-12-10-7-5-8-11-12;1-6-2-4-7(5-3-6)11(8,9)10/h2-11H,1H2;2-5H,1H3,(H,8,9,10). The molecule has 0 amide bonds. The van der Waals surface area contributed by atoms with Crippen molar-refractivity contribution >= 4 is 16.2 Å². The zero-order valence-corrected chi connectivity index (χ0v) is 13.8. The molecule has 2 aromatic rings. The van der Waals surface area contributed by atoms with Gasteiger partial charge >= 0.3 is 0 Å². The molecule has 0 heterocycles. The van der Waals surface area contributed by atoms with Crippen molar-refractivity contribution in [2.75, 3.05) is 0 Å². The Morgan fingerprint density at radius 1 is 0.913 bits per heavy atom. The summed E-state index contributed by atoms with van der Waals surface area (Å²) in [7, 11) is -4.02. The number of hydrogen-bond donors (Lipinski definition) is 1. The van der Waals surface area contributed by atoms with Crippen LogP contribution >= 0.6 is 0 Å². The summed E-state index contributed by atoms with van der Waals surface area (Å²) in [6.45, 7) is 5.43. The molecule has 0 aliphatic rings. The van der Waals surface area contributed by atoms with Gasteiger partial charge in [-0.2, -0.15) is 8.42 Å². The lowest BCUT2D eigenvalue weighted by molar-refractivity contribution is 0.483. The van der Waals surface area contributed by atoms with Gasteiger partial charge in [0.1, 0.15) is 0 Å². The fourth-order valence-electron chi connectivity index (χ4n) is 1.58. The lowest BCUT2D eigenvalue weighted by Gasteiger charge is -1.95. The van der Waals surface area contributed by atoms with Crippen molar-refractivity contribution in [1.29, 1.82) is 0 Å². The van der Waals surface area contributed by atoms with E-state index in [0.29, 0.717) is 0 Å². The number of hydrogen-bond acceptors (Lipinski definition) is 2. The summed E-state index contributed by atoms with van der Waals surface area (Å²) in [6.07, 6.45) is 9.67. The van der Waals surface area contributed by atoms with Crippen LogP contribution in [0.25, 0.3) is 6.08 Å². The Hall–Kier alpha value is -2.43. The Morgan fingerprint density at radius 3 is 2.04 bits per heavy atom. The largest absolute Gasteiger partial charge is 0.294 e. The molecule has 0 saturated carbocycles. The first-order valence-corrected chi connectivity index (χ1v) is 8.42. The molecule has 0 aliphatic heterocycles. The van der Waals surface area contributed by atoms with Crippen LogP contribution in [0.2, 0.25) is 0 Å². The third kappa shape index (κ3) is 7.95. The van der Waals surface area contributed by atoms with Gasteiger partial charge in [-0.1, -0.05) is 85.0 Å². The van der Waals surface area contributed by atoms with Crippen LogP contribution in [0.15, 0.2) is 90.4 Å². The third-order valence-electron chi connectivity index (χ3n) is 2.77. The second-order valence-electron chi connectivity index (χ2n) is 4.68. The summed E-state index contributed by atoms with van der Waals surface area (Å²) in [6, 6.07) is 16.2. The molecular weight excluding hydrogens is 308 g/mol. The van der Waals surface area contributed by atoms with Crippen molar-refractivity contribution in [3.63, 3.8) is 0 Å². The van der Waals surface area contributed by atoms with E-state index in [1.807, 2.05) is 43.4 Å². The summed E-state index contributed by atoms with van der Waals surface area (Å²) in [5, 5.41) is 0. The van der Waals surface area contributed by atoms with Gasteiger partial charge in [-0.15, -0.1) is 0 Å². The van der Waals surface area contributed by atoms with Crippen LogP contribution in [0.1, 0.15) is 11.1 Å². The zero-order chi connectivity index (χ0) is 17.1. The van der Waals surface area contributed by atoms with Crippen LogP contribution < -0.4 is 0 Å². The van der Waals surface area contributed by atoms with E-state index >= 15 is 0 Å². The molecule has 0 fully saturated rings. The Bertz CT molecular complexity index is 756. The first-order chi connectivity index (χ1) is 10.9. The van der Waals surface area contributed by atoms with Gasteiger partial charge in [0, 0.05) is 0 Å². The van der Waals surface area contributed by atoms with E-state index in [9.17, 15) is 8.42 Å². The second kappa shape index (κ2) is 9.56. The maximum Gasteiger partial charge on any atom is 0.294 e. The smallest absolute Gasteiger partial charge is 0.282 e. The summed E-state index contributed by atoms with van der Waals surface area (Å²) in [4.78, 5) is -0.0666. The maximum absolute atomic E-state index is 10.5. The Balaban J connectivity index is 0.000000231. The van der Waals surface area contributed by atoms with E-state index in [0.717, 1.165) is 5.56 Å². The minimum absolute atomic E-state index is 0.0666. The van der Waals surface area contributed by atoms with Gasteiger partial charge in [0.15, 0.2) is 0 Å². The summed E-state index contributed by atoms with van der Waals surface area (Å²) >= 11 is 0. The predicted octanol–water partition coefficient (Wildman–Crippen LogP) is 4.68. The van der Waals surface area contributed by atoms with Gasteiger partial charge in [-0.25, -0.2) is 0 Å². The van der Waals surface area contributed by atoms with Crippen molar-refractivity contribution in [2.45, 2.75) is 11.8 Å². The van der Waals surface area contributed by atoms with Gasteiger partial charge in [-0.05, 0) is 24.6 Å². The Morgan fingerprint density at radius 2 is 1.52 bits per heavy atom. The van der Waals surface area contributed by atoms with Gasteiger partial charge in [-0.3, -0.25) is 4.55 Å². The van der Waals surface area contributed by atoms with Crippen LogP contribution in [-0.2, 0) is 10.1 Å². The highest BCUT2D eigenvalue weighted by molar-refractivity contribution is 7.85. The molecule has 0 unspecified atom stereocenters. The molecule has 0 radical (unpaired) electrons. The highest BCUT2D eigenvalue weighted by Crippen LogP contribution is 2.08. The van der Waals surface area contributed by atoms with Crippen molar-refractivity contribution in [2.24, 2.45) is 0 Å². The second-order valence-corrected chi connectivity index (χ2v) is 6.10. The van der Waals surface area contributed by atoms with Gasteiger partial charge in [0.05, 0.1) is 4.90 Å². The highest BCUT2D eigenvalue weighted by atomic mass is 32.2. The summed E-state index contributed by atoms with van der Waals surface area (Å²) in [5.41, 5.74) is 2.17. The van der Waals surface area contributed by atoms with Crippen LogP contribution in [0.5, 0.6) is 0 Å². The Kier molecular flexibility index (Phi) is 7.74. The lowest BCUT2D eigenvalue weighted by atomic mass is 10.2. The average molecular weight is 328 g/mol. The molecule has 2 rings (SSSR count). The van der Waals surface area contributed by atoms with Gasteiger partial charge in [0.2, 0.25) is 0 Å². The fraction of sp³-hybridized carbons (Fsp3) is 0.0526. The summed E-state index contributed by atoms with van der Waals surface area (Å²) in [5.74, 6) is 0. The average Bonchev–Trinajstić information content (AvgIpc) is 2.53. The van der Waals surface area contributed by atoms with E-state index in [4.69, 9.17) is 4.55 Å². The van der Waals surface area contributed by atoms with Crippen LogP contribution in [0.3, 0.4) is 0 Å². The summed E-state index contributed by atoms with van der Waals surface area (Å²) < 4.78 is 29.6. The van der Waals surface area contributed by atoms with Crippen molar-refractivity contribution in [3.05, 3.63) is 96.6 Å². The quantitative estimate of drug-likeness (QED) is 0.654. The molecule has 4 heteroatoms. The number of benzene rings is 2. The fourth-order valence-corrected chi connectivity index (χ4v) is 2.06. The lowest BCUT2D eigenvalue weighted by Crippen LogP contribution is -1.96. The Labute approximate surface area is 138 Å². The molecule has 0 spiro atoms. The molecule has 3 nitrogen and oxygen atoms in total. The third-order valence-corrected chi connectivity index (χ3v) is 3.63. The van der Waals surface area contributed by atoms with Crippen molar-refractivity contribution < 1.29 is 13.0 Å². The zero-order valence-electron chi connectivity index (χ0n) is 13.0.